The van der Waals surface area contributed by atoms with E-state index in [1.807, 2.05) is 0 Å². The van der Waals surface area contributed by atoms with E-state index in [1.54, 1.807) is 0 Å². The molecule has 0 spiro atoms. The number of nitrogens with one attached hydrogen (secondary N) is 1. The summed E-state index contributed by atoms with van der Waals surface area (Å²) >= 11 is 0. The number of allylic oxidation sites excluding steroid dienone is 2. The maximum Gasteiger partial charge on any atom is 0.220 e. The van der Waals surface area contributed by atoms with E-state index in [-0.39, 0.29) is 12.5 Å². The molecule has 0 aromatic carbocycles. The van der Waals surface area contributed by atoms with Crippen LogP contribution < -0.4 is 5.32 Å². The standard InChI is InChI=1S/C36H71NO4/c1-3-5-7-9-11-13-15-16-17-18-19-20-21-23-25-27-29-31-35(40)37-33(32-38)36(41)34(39)30-28-26-24-22-14-12-10-8-6-4-2/h16-17,33-34,36,38-39,41H,3-15,18-32H2,1-2H3,(H,37,40)/b17-16-. The minimum absolute atomic E-state index is 0.151. The van der Waals surface area contributed by atoms with E-state index >= 15 is 0 Å². The van der Waals surface area contributed by atoms with Gasteiger partial charge in [-0.25, -0.2) is 0 Å². The Bertz CT molecular complexity index is 568. The lowest BCUT2D eigenvalue weighted by Crippen LogP contribution is -2.50. The van der Waals surface area contributed by atoms with Gasteiger partial charge in [-0.1, -0.05) is 154 Å². The quantitative estimate of drug-likeness (QED) is 0.0471. The summed E-state index contributed by atoms with van der Waals surface area (Å²) < 4.78 is 0. The summed E-state index contributed by atoms with van der Waals surface area (Å²) in [5.74, 6) is -0.151. The molecule has 0 aliphatic rings. The molecule has 0 saturated heterocycles. The van der Waals surface area contributed by atoms with Gasteiger partial charge >= 0.3 is 0 Å². The van der Waals surface area contributed by atoms with Crippen LogP contribution in [0.1, 0.15) is 187 Å². The third-order valence-electron chi connectivity index (χ3n) is 8.37. The Hall–Kier alpha value is -0.910. The molecule has 5 heteroatoms. The van der Waals surface area contributed by atoms with E-state index in [4.69, 9.17) is 0 Å². The van der Waals surface area contributed by atoms with E-state index in [1.165, 1.54) is 122 Å². The zero-order valence-electron chi connectivity index (χ0n) is 27.4. The number of amides is 1. The SMILES string of the molecule is CCCCCCCC/C=C\CCCCCCCCCC(=O)NC(CO)C(O)C(O)CCCCCCCCCCCC. The molecule has 3 unspecified atom stereocenters. The molecule has 0 saturated carbocycles. The van der Waals surface area contributed by atoms with Crippen LogP contribution in [0.15, 0.2) is 12.2 Å². The molecule has 244 valence electrons. The third kappa shape index (κ3) is 27.7. The number of aliphatic hydroxyl groups is 3. The second-order valence-electron chi connectivity index (χ2n) is 12.4. The Morgan fingerprint density at radius 1 is 0.585 bits per heavy atom. The second-order valence-corrected chi connectivity index (χ2v) is 12.4. The first-order valence-electron chi connectivity index (χ1n) is 18.0. The first-order chi connectivity index (χ1) is 20.1. The Morgan fingerprint density at radius 3 is 1.41 bits per heavy atom. The average molecular weight is 582 g/mol. The molecular formula is C36H71NO4. The van der Waals surface area contributed by atoms with E-state index < -0.39 is 18.2 Å². The molecule has 0 aromatic heterocycles. The first-order valence-corrected chi connectivity index (χ1v) is 18.0. The minimum atomic E-state index is -1.13. The van der Waals surface area contributed by atoms with Gasteiger partial charge in [0.05, 0.1) is 18.8 Å². The smallest absolute Gasteiger partial charge is 0.220 e. The predicted octanol–water partition coefficient (Wildman–Crippen LogP) is 9.31. The van der Waals surface area contributed by atoms with Crippen molar-refractivity contribution in [3.63, 3.8) is 0 Å². The van der Waals surface area contributed by atoms with Gasteiger partial charge in [-0.3, -0.25) is 4.79 Å². The Kier molecular flexibility index (Phi) is 31.3. The van der Waals surface area contributed by atoms with Gasteiger partial charge in [0.2, 0.25) is 5.91 Å². The fourth-order valence-corrected chi connectivity index (χ4v) is 5.51. The van der Waals surface area contributed by atoms with E-state index in [2.05, 4.69) is 31.3 Å². The van der Waals surface area contributed by atoms with Gasteiger partial charge in [0.25, 0.3) is 0 Å². The molecule has 4 N–H and O–H groups in total. The summed E-state index contributed by atoms with van der Waals surface area (Å²) in [5, 5.41) is 33.2. The summed E-state index contributed by atoms with van der Waals surface area (Å²) in [4.78, 5) is 12.3. The fraction of sp³-hybridized carbons (Fsp3) is 0.917. The van der Waals surface area contributed by atoms with Crippen LogP contribution in [0.5, 0.6) is 0 Å². The van der Waals surface area contributed by atoms with Crippen molar-refractivity contribution >= 4 is 5.91 Å². The normalized spacial score (nSPS) is 14.0. The number of aliphatic hydroxyl groups excluding tert-OH is 3. The van der Waals surface area contributed by atoms with Gasteiger partial charge < -0.3 is 20.6 Å². The lowest BCUT2D eigenvalue weighted by Gasteiger charge is -2.26. The summed E-state index contributed by atoms with van der Waals surface area (Å²) in [5.41, 5.74) is 0. The van der Waals surface area contributed by atoms with Crippen LogP contribution >= 0.6 is 0 Å². The van der Waals surface area contributed by atoms with E-state index in [0.717, 1.165) is 38.5 Å². The molecule has 0 heterocycles. The van der Waals surface area contributed by atoms with Crippen molar-refractivity contribution in [1.29, 1.82) is 0 Å². The zero-order chi connectivity index (χ0) is 30.2. The highest BCUT2D eigenvalue weighted by molar-refractivity contribution is 5.76. The molecule has 0 aromatic rings. The largest absolute Gasteiger partial charge is 0.394 e. The molecule has 0 aliphatic carbocycles. The lowest BCUT2D eigenvalue weighted by molar-refractivity contribution is -0.124. The van der Waals surface area contributed by atoms with Gasteiger partial charge in [-0.05, 0) is 38.5 Å². The highest BCUT2D eigenvalue weighted by Crippen LogP contribution is 2.15. The molecular weight excluding hydrogens is 510 g/mol. The maximum atomic E-state index is 12.3. The Morgan fingerprint density at radius 2 is 0.976 bits per heavy atom. The van der Waals surface area contributed by atoms with Crippen LogP contribution in [0.25, 0.3) is 0 Å². The topological polar surface area (TPSA) is 89.8 Å². The van der Waals surface area contributed by atoms with Crippen LogP contribution in [-0.4, -0.2) is 46.1 Å². The summed E-state index contributed by atoms with van der Waals surface area (Å²) in [6, 6.07) is -0.805. The minimum Gasteiger partial charge on any atom is -0.394 e. The fourth-order valence-electron chi connectivity index (χ4n) is 5.51. The van der Waals surface area contributed by atoms with Crippen LogP contribution in [0, 0.1) is 0 Å². The van der Waals surface area contributed by atoms with Crippen molar-refractivity contribution < 1.29 is 20.1 Å². The van der Waals surface area contributed by atoms with Crippen molar-refractivity contribution in [2.75, 3.05) is 6.61 Å². The van der Waals surface area contributed by atoms with Gasteiger partial charge in [0.1, 0.15) is 6.10 Å². The maximum absolute atomic E-state index is 12.3. The molecule has 0 aliphatic heterocycles. The molecule has 3 atom stereocenters. The lowest BCUT2D eigenvalue weighted by atomic mass is 9.99. The van der Waals surface area contributed by atoms with Crippen molar-refractivity contribution in [3.8, 4) is 0 Å². The van der Waals surface area contributed by atoms with Gasteiger partial charge in [-0.15, -0.1) is 0 Å². The van der Waals surface area contributed by atoms with E-state index in [0.29, 0.717) is 12.8 Å². The summed E-state index contributed by atoms with van der Waals surface area (Å²) in [7, 11) is 0. The van der Waals surface area contributed by atoms with Crippen LogP contribution in [-0.2, 0) is 4.79 Å². The molecule has 0 bridgehead atoms. The second kappa shape index (κ2) is 32.0. The number of unbranched alkanes of at least 4 members (excludes halogenated alkanes) is 22. The van der Waals surface area contributed by atoms with Crippen molar-refractivity contribution in [3.05, 3.63) is 12.2 Å². The number of hydrogen-bond acceptors (Lipinski definition) is 4. The van der Waals surface area contributed by atoms with Crippen LogP contribution in [0.4, 0.5) is 0 Å². The highest BCUT2D eigenvalue weighted by atomic mass is 16.3. The van der Waals surface area contributed by atoms with Crippen molar-refractivity contribution in [2.45, 2.75) is 205 Å². The third-order valence-corrected chi connectivity index (χ3v) is 8.37. The first kappa shape index (κ1) is 40.1. The summed E-state index contributed by atoms with van der Waals surface area (Å²) in [6.45, 7) is 4.14. The Labute approximate surface area is 255 Å². The van der Waals surface area contributed by atoms with Gasteiger partial charge in [0.15, 0.2) is 0 Å². The molecule has 1 amide bonds. The van der Waals surface area contributed by atoms with Gasteiger partial charge in [-0.2, -0.15) is 0 Å². The zero-order valence-corrected chi connectivity index (χ0v) is 27.4. The molecule has 5 nitrogen and oxygen atoms in total. The number of carbonyl (C=O) groups excluding carboxylic acids is 1. The molecule has 41 heavy (non-hydrogen) atoms. The molecule has 0 fully saturated rings. The van der Waals surface area contributed by atoms with Crippen molar-refractivity contribution in [1.82, 2.24) is 5.32 Å². The highest BCUT2D eigenvalue weighted by Gasteiger charge is 2.26. The number of hydrogen-bond donors (Lipinski definition) is 4. The van der Waals surface area contributed by atoms with Crippen molar-refractivity contribution in [2.24, 2.45) is 0 Å². The van der Waals surface area contributed by atoms with Crippen LogP contribution in [0.2, 0.25) is 0 Å². The molecule has 0 rings (SSSR count). The summed E-state index contributed by atoms with van der Waals surface area (Å²) in [6.07, 6.45) is 34.4. The van der Waals surface area contributed by atoms with Crippen LogP contribution in [0.3, 0.4) is 0 Å². The van der Waals surface area contributed by atoms with E-state index in [9.17, 15) is 20.1 Å². The predicted molar refractivity (Wildman–Crippen MR) is 176 cm³/mol. The monoisotopic (exact) mass is 582 g/mol. The Balaban J connectivity index is 3.68. The number of rotatable bonds is 32. The molecule has 0 radical (unpaired) electrons. The number of carbonyl (C=O) groups is 1. The van der Waals surface area contributed by atoms with Gasteiger partial charge in [0, 0.05) is 6.42 Å². The average Bonchev–Trinajstić information content (AvgIpc) is 2.97.